The van der Waals surface area contributed by atoms with Crippen LogP contribution in [0.4, 0.5) is 24.5 Å². The minimum absolute atomic E-state index is 0.0167. The molecule has 0 saturated heterocycles. The van der Waals surface area contributed by atoms with Crippen molar-refractivity contribution in [2.75, 3.05) is 32.2 Å². The fraction of sp³-hybridized carbons (Fsp3) is 0.318. The van der Waals surface area contributed by atoms with Crippen molar-refractivity contribution in [2.45, 2.75) is 19.5 Å². The molecule has 3 rings (SSSR count). The molecule has 2 aromatic carbocycles. The zero-order chi connectivity index (χ0) is 24.0. The number of alkyl halides is 3. The molecule has 1 heterocycles. The largest absolute Gasteiger partial charge is 0.490 e. The van der Waals surface area contributed by atoms with Crippen LogP contribution in [0, 0.1) is 10.1 Å². The Kier molecular flexibility index (Phi) is 7.54. The lowest BCUT2D eigenvalue weighted by atomic mass is 10.1. The van der Waals surface area contributed by atoms with E-state index in [4.69, 9.17) is 9.47 Å². The molecule has 1 N–H and O–H groups in total. The first kappa shape index (κ1) is 24.1. The summed E-state index contributed by atoms with van der Waals surface area (Å²) in [5.41, 5.74) is 0.834. The molecule has 33 heavy (non-hydrogen) atoms. The van der Waals surface area contributed by atoms with Crippen molar-refractivity contribution in [3.8, 4) is 22.7 Å². The molecule has 3 aromatic rings. The minimum atomic E-state index is -4.53. The van der Waals surface area contributed by atoms with Crippen molar-refractivity contribution in [2.24, 2.45) is 0 Å². The normalized spacial score (nSPS) is 11.4. The monoisotopic (exact) mass is 464 g/mol. The predicted octanol–water partition coefficient (Wildman–Crippen LogP) is 5.31. The Morgan fingerprint density at radius 2 is 1.94 bits per heavy atom. The number of nitro groups is 1. The van der Waals surface area contributed by atoms with Crippen LogP contribution in [0.15, 0.2) is 48.9 Å². The molecule has 0 radical (unpaired) electrons. The molecule has 1 aromatic heterocycles. The van der Waals surface area contributed by atoms with Gasteiger partial charge in [-0.25, -0.2) is 4.98 Å². The van der Waals surface area contributed by atoms with Crippen LogP contribution in [0.3, 0.4) is 0 Å². The van der Waals surface area contributed by atoms with Gasteiger partial charge in [-0.3, -0.25) is 10.1 Å². The molecule has 0 amide bonds. The van der Waals surface area contributed by atoms with Crippen molar-refractivity contribution in [3.05, 3.63) is 64.6 Å². The van der Waals surface area contributed by atoms with E-state index in [1.165, 1.54) is 24.5 Å². The van der Waals surface area contributed by atoms with Crippen molar-refractivity contribution >= 4 is 11.4 Å². The molecule has 176 valence electrons. The zero-order valence-electron chi connectivity index (χ0n) is 18.1. The minimum Gasteiger partial charge on any atom is -0.490 e. The number of nitrogens with zero attached hydrogens (tertiary/aromatic N) is 3. The van der Waals surface area contributed by atoms with Crippen LogP contribution in [-0.2, 0) is 10.9 Å². The summed E-state index contributed by atoms with van der Waals surface area (Å²) < 4.78 is 52.2. The molecule has 0 aliphatic heterocycles. The molecular formula is C22H23F3N4O4. The van der Waals surface area contributed by atoms with Crippen LogP contribution >= 0.6 is 0 Å². The van der Waals surface area contributed by atoms with E-state index in [2.05, 4.69) is 10.3 Å². The molecule has 0 bridgehead atoms. The first-order valence-corrected chi connectivity index (χ1v) is 10.2. The van der Waals surface area contributed by atoms with Crippen LogP contribution in [0.5, 0.6) is 5.75 Å². The van der Waals surface area contributed by atoms with Gasteiger partial charge in [-0.2, -0.15) is 13.2 Å². The number of rotatable bonds is 10. The number of hydrogen-bond acceptors (Lipinski definition) is 6. The number of hydrogen-bond donors (Lipinski definition) is 1. The fourth-order valence-corrected chi connectivity index (χ4v) is 3.14. The highest BCUT2D eigenvalue weighted by Gasteiger charge is 2.31. The summed E-state index contributed by atoms with van der Waals surface area (Å²) in [4.78, 5) is 15.0. The van der Waals surface area contributed by atoms with Crippen LogP contribution in [0.2, 0.25) is 0 Å². The van der Waals surface area contributed by atoms with E-state index in [0.717, 1.165) is 18.6 Å². The van der Waals surface area contributed by atoms with Gasteiger partial charge in [0.2, 0.25) is 0 Å². The first-order valence-electron chi connectivity index (χ1n) is 10.2. The highest BCUT2D eigenvalue weighted by atomic mass is 19.4. The van der Waals surface area contributed by atoms with Crippen LogP contribution in [0.25, 0.3) is 16.9 Å². The van der Waals surface area contributed by atoms with Gasteiger partial charge in [-0.15, -0.1) is 0 Å². The number of imidazole rings is 1. The quantitative estimate of drug-likeness (QED) is 0.248. The lowest BCUT2D eigenvalue weighted by Gasteiger charge is -2.14. The van der Waals surface area contributed by atoms with Gasteiger partial charge in [0.05, 0.1) is 40.5 Å². The average Bonchev–Trinajstić information content (AvgIpc) is 3.27. The summed E-state index contributed by atoms with van der Waals surface area (Å²) >= 11 is 0. The summed E-state index contributed by atoms with van der Waals surface area (Å²) in [7, 11) is 1.67. The molecule has 8 nitrogen and oxygen atoms in total. The van der Waals surface area contributed by atoms with Crippen molar-refractivity contribution in [3.63, 3.8) is 0 Å². The van der Waals surface area contributed by atoms with Gasteiger partial charge in [-0.05, 0) is 30.7 Å². The topological polar surface area (TPSA) is 91.5 Å². The maximum atomic E-state index is 13.2. The Morgan fingerprint density at radius 1 is 1.15 bits per heavy atom. The smallest absolute Gasteiger partial charge is 0.416 e. The van der Waals surface area contributed by atoms with Crippen LogP contribution in [0.1, 0.15) is 18.9 Å². The molecule has 11 heteroatoms. The second-order valence-electron chi connectivity index (χ2n) is 7.04. The Labute approximate surface area is 188 Å². The third-order valence-electron chi connectivity index (χ3n) is 4.74. The van der Waals surface area contributed by atoms with Gasteiger partial charge in [0, 0.05) is 37.5 Å². The van der Waals surface area contributed by atoms with Gasteiger partial charge in [-0.1, -0.05) is 6.92 Å². The fourth-order valence-electron chi connectivity index (χ4n) is 3.14. The summed E-state index contributed by atoms with van der Waals surface area (Å²) in [6, 6.07) is 7.50. The summed E-state index contributed by atoms with van der Waals surface area (Å²) in [5, 5.41) is 14.1. The predicted molar refractivity (Wildman–Crippen MR) is 117 cm³/mol. The lowest BCUT2D eigenvalue weighted by Crippen LogP contribution is -2.10. The summed E-state index contributed by atoms with van der Waals surface area (Å²) in [6.07, 6.45) is -0.706. The molecule has 0 aliphatic carbocycles. The molecule has 0 aliphatic rings. The molecule has 0 unspecified atom stereocenters. The number of benzene rings is 2. The Bertz CT molecular complexity index is 1120. The van der Waals surface area contributed by atoms with Crippen molar-refractivity contribution < 1.29 is 27.6 Å². The maximum absolute atomic E-state index is 13.2. The lowest BCUT2D eigenvalue weighted by molar-refractivity contribution is -0.384. The third-order valence-corrected chi connectivity index (χ3v) is 4.74. The van der Waals surface area contributed by atoms with Gasteiger partial charge < -0.3 is 19.4 Å². The number of halogens is 3. The number of nitrogens with one attached hydrogen (secondary N) is 1. The summed E-state index contributed by atoms with van der Waals surface area (Å²) in [5.74, 6) is 0.0167. The first-order chi connectivity index (χ1) is 15.7. The van der Waals surface area contributed by atoms with E-state index in [0.29, 0.717) is 29.2 Å². The summed E-state index contributed by atoms with van der Waals surface area (Å²) in [6.45, 7) is 2.78. The highest BCUT2D eigenvalue weighted by Crippen LogP contribution is 2.37. The van der Waals surface area contributed by atoms with Crippen LogP contribution in [-0.4, -0.2) is 41.3 Å². The highest BCUT2D eigenvalue weighted by molar-refractivity contribution is 5.70. The van der Waals surface area contributed by atoms with Gasteiger partial charge in [0.25, 0.3) is 5.69 Å². The molecule has 0 saturated carbocycles. The molecule has 0 atom stereocenters. The Morgan fingerprint density at radius 3 is 2.61 bits per heavy atom. The van der Waals surface area contributed by atoms with E-state index in [9.17, 15) is 23.3 Å². The van der Waals surface area contributed by atoms with E-state index >= 15 is 0 Å². The molecular weight excluding hydrogens is 441 g/mol. The van der Waals surface area contributed by atoms with E-state index in [-0.39, 0.29) is 24.7 Å². The number of aromatic nitrogens is 2. The zero-order valence-corrected chi connectivity index (χ0v) is 18.1. The van der Waals surface area contributed by atoms with E-state index in [1.807, 2.05) is 6.92 Å². The second kappa shape index (κ2) is 10.3. The SMILES string of the molecule is CCCOCCOc1cc(C(F)(F)F)ccc1-c1cn(-c2cc([N+](=O)[O-])ccc2NC)cn1. The second-order valence-corrected chi connectivity index (χ2v) is 7.04. The van der Waals surface area contributed by atoms with Crippen LogP contribution < -0.4 is 10.1 Å². The number of anilines is 1. The Balaban J connectivity index is 1.97. The van der Waals surface area contributed by atoms with E-state index < -0.39 is 16.7 Å². The van der Waals surface area contributed by atoms with Gasteiger partial charge in [0.1, 0.15) is 12.4 Å². The third kappa shape index (κ3) is 5.80. The standard InChI is InChI=1S/C22H23F3N4O4/c1-3-8-32-9-10-33-21-11-15(22(23,24)25)4-6-17(21)19-13-28(14-27-19)20-12-16(29(30)31)5-7-18(20)26-2/h4-7,11-14,26H,3,8-10H2,1-2H3. The van der Waals surface area contributed by atoms with Gasteiger partial charge >= 0.3 is 6.18 Å². The number of ether oxygens (including phenoxy) is 2. The number of nitro benzene ring substituents is 1. The maximum Gasteiger partial charge on any atom is 0.416 e. The number of non-ortho nitro benzene ring substituents is 1. The molecule has 0 spiro atoms. The van der Waals surface area contributed by atoms with Crippen molar-refractivity contribution in [1.82, 2.24) is 9.55 Å². The molecule has 0 fully saturated rings. The van der Waals surface area contributed by atoms with Gasteiger partial charge in [0.15, 0.2) is 0 Å². The van der Waals surface area contributed by atoms with E-state index in [1.54, 1.807) is 23.9 Å². The van der Waals surface area contributed by atoms with Crippen molar-refractivity contribution in [1.29, 1.82) is 0 Å². The average molecular weight is 464 g/mol. The Hall–Kier alpha value is -3.60.